The van der Waals surface area contributed by atoms with Gasteiger partial charge in [-0.15, -0.1) is 0 Å². The summed E-state index contributed by atoms with van der Waals surface area (Å²) in [6.07, 6.45) is 9.58. The molecule has 14 heteroatoms. The van der Waals surface area contributed by atoms with E-state index in [1.54, 1.807) is 60.0 Å². The highest BCUT2D eigenvalue weighted by molar-refractivity contribution is 6.39. The zero-order chi connectivity index (χ0) is 47.5. The number of esters is 1. The SMILES string of the molecule is COC1CC(CC(C)C2CC(=O)/C(C)=C/C(C)C(O)C(OC)C(=O)C(C)CC(C)C=CC=CC=C(C)C(O)CC3CCC(C)C(O)(O3)C(=O)C(=O)N3CCCCC3C(=O)O2)CCC1O. The van der Waals surface area contributed by atoms with Crippen LogP contribution in [-0.2, 0) is 42.9 Å². The molecule has 0 radical (unpaired) electrons. The molecule has 14 nitrogen and oxygen atoms in total. The van der Waals surface area contributed by atoms with Gasteiger partial charge in [0.05, 0.1) is 30.5 Å². The topological polar surface area (TPSA) is 206 Å². The molecule has 4 rings (SSSR count). The van der Waals surface area contributed by atoms with Crippen LogP contribution >= 0.6 is 0 Å². The highest BCUT2D eigenvalue weighted by Crippen LogP contribution is 2.37. The van der Waals surface area contributed by atoms with Crippen LogP contribution in [0.25, 0.3) is 0 Å². The number of amides is 1. The van der Waals surface area contributed by atoms with E-state index in [1.165, 1.54) is 7.11 Å². The molecule has 1 aliphatic carbocycles. The van der Waals surface area contributed by atoms with E-state index in [0.717, 1.165) is 4.90 Å². The van der Waals surface area contributed by atoms with Crippen molar-refractivity contribution in [2.75, 3.05) is 20.8 Å². The van der Waals surface area contributed by atoms with Gasteiger partial charge in [-0.05, 0) is 107 Å². The van der Waals surface area contributed by atoms with Crippen molar-refractivity contribution in [3.63, 3.8) is 0 Å². The fourth-order valence-electron chi connectivity index (χ4n) is 9.87. The molecule has 0 aromatic carbocycles. The minimum absolute atomic E-state index is 0.00220. The Morgan fingerprint density at radius 2 is 1.59 bits per heavy atom. The number of Topliss-reactive ketones (excluding diaryl/α,β-unsaturated/α-hetero) is 3. The molecule has 3 fully saturated rings. The Morgan fingerprint density at radius 3 is 2.28 bits per heavy atom. The fraction of sp³-hybridized carbons (Fsp3) is 0.740. The van der Waals surface area contributed by atoms with Crippen LogP contribution in [0, 0.1) is 35.5 Å². The summed E-state index contributed by atoms with van der Waals surface area (Å²) < 4.78 is 23.3. The number of nitrogens with zero attached hydrogens (tertiary/aromatic N) is 1. The summed E-state index contributed by atoms with van der Waals surface area (Å²) in [7, 11) is 2.93. The molecule has 15 unspecified atom stereocenters. The Labute approximate surface area is 380 Å². The second-order valence-electron chi connectivity index (χ2n) is 19.4. The van der Waals surface area contributed by atoms with Gasteiger partial charge in [-0.3, -0.25) is 19.2 Å². The first-order valence-electron chi connectivity index (χ1n) is 23.5. The van der Waals surface area contributed by atoms with Gasteiger partial charge in [0.1, 0.15) is 18.2 Å². The number of carbonyl (C=O) groups is 5. The number of carbonyl (C=O) groups excluding carboxylic acids is 5. The second-order valence-corrected chi connectivity index (χ2v) is 19.4. The van der Waals surface area contributed by atoms with E-state index in [4.69, 9.17) is 18.9 Å². The van der Waals surface area contributed by atoms with Gasteiger partial charge >= 0.3 is 5.97 Å². The van der Waals surface area contributed by atoms with Crippen LogP contribution in [0.2, 0.25) is 0 Å². The van der Waals surface area contributed by atoms with E-state index in [0.29, 0.717) is 68.9 Å². The monoisotopic (exact) mass is 900 g/mol. The zero-order valence-corrected chi connectivity index (χ0v) is 39.6. The molecule has 0 aromatic rings. The number of hydrogen-bond donors (Lipinski definition) is 4. The van der Waals surface area contributed by atoms with Crippen LogP contribution in [0.15, 0.2) is 47.6 Å². The van der Waals surface area contributed by atoms with Crippen LogP contribution < -0.4 is 0 Å². The smallest absolute Gasteiger partial charge is 0.329 e. The normalized spacial score (nSPS) is 39.0. The third-order valence-electron chi connectivity index (χ3n) is 14.2. The highest BCUT2D eigenvalue weighted by Gasteiger charge is 2.53. The van der Waals surface area contributed by atoms with Gasteiger partial charge in [-0.2, -0.15) is 0 Å². The van der Waals surface area contributed by atoms with Gasteiger partial charge in [-0.1, -0.05) is 71.1 Å². The van der Waals surface area contributed by atoms with Crippen LogP contribution in [0.4, 0.5) is 0 Å². The zero-order valence-electron chi connectivity index (χ0n) is 39.6. The highest BCUT2D eigenvalue weighted by atomic mass is 16.6. The van der Waals surface area contributed by atoms with Gasteiger partial charge < -0.3 is 44.3 Å². The average molecular weight is 900 g/mol. The first kappa shape index (κ1) is 53.2. The molecule has 1 saturated carbocycles. The van der Waals surface area contributed by atoms with Crippen molar-refractivity contribution in [3.05, 3.63) is 47.6 Å². The van der Waals surface area contributed by atoms with Gasteiger partial charge in [0.15, 0.2) is 11.6 Å². The van der Waals surface area contributed by atoms with E-state index >= 15 is 0 Å². The molecule has 64 heavy (non-hydrogen) atoms. The maximum atomic E-state index is 14.3. The first-order chi connectivity index (χ1) is 30.2. The lowest BCUT2D eigenvalue weighted by Crippen LogP contribution is -2.61. The Morgan fingerprint density at radius 1 is 0.875 bits per heavy atom. The lowest BCUT2D eigenvalue weighted by atomic mass is 9.78. The third-order valence-corrected chi connectivity index (χ3v) is 14.2. The molecule has 2 saturated heterocycles. The van der Waals surface area contributed by atoms with E-state index in [-0.39, 0.29) is 61.2 Å². The summed E-state index contributed by atoms with van der Waals surface area (Å²) in [5.74, 6) is -8.22. The molecule has 15 atom stereocenters. The Hall–Kier alpha value is -3.37. The van der Waals surface area contributed by atoms with Crippen LogP contribution in [0.3, 0.4) is 0 Å². The van der Waals surface area contributed by atoms with Crippen molar-refractivity contribution in [2.45, 2.75) is 180 Å². The number of piperidine rings is 1. The first-order valence-corrected chi connectivity index (χ1v) is 23.5. The third kappa shape index (κ3) is 13.8. The van der Waals surface area contributed by atoms with Crippen molar-refractivity contribution in [1.82, 2.24) is 4.90 Å². The summed E-state index contributed by atoms with van der Waals surface area (Å²) in [5, 5.41) is 44.8. The standard InChI is InChI=1S/C50H77NO13/c1-29-15-11-10-12-16-30(2)40(53)27-37-20-18-35(7)50(60,64-37)47(57)48(58)51-22-14-13-17-38(51)49(59)63-42(32(4)25-36-19-21-39(52)43(26-36)61-8)28-41(54)31(3)24-34(6)45(56)46(62-9)44(55)33(5)23-29/h10-12,15-16,24,29,32-40,42-43,45-46,52-53,56,60H,13-14,17-23,25-28H2,1-9H3/b12-10?,15-11?,30-16?,31-24+. The molecular weight excluding hydrogens is 823 g/mol. The maximum Gasteiger partial charge on any atom is 0.329 e. The lowest BCUT2D eigenvalue weighted by Gasteiger charge is -2.42. The predicted molar refractivity (Wildman–Crippen MR) is 240 cm³/mol. The summed E-state index contributed by atoms with van der Waals surface area (Å²) in [6, 6.07) is -1.16. The van der Waals surface area contributed by atoms with Gasteiger partial charge in [-0.25, -0.2) is 4.79 Å². The molecule has 4 N–H and O–H groups in total. The quantitative estimate of drug-likeness (QED) is 0.198. The van der Waals surface area contributed by atoms with Crippen molar-refractivity contribution >= 4 is 29.2 Å². The molecule has 2 bridgehead atoms. The fourth-order valence-corrected chi connectivity index (χ4v) is 9.87. The van der Waals surface area contributed by atoms with Crippen LogP contribution in [0.1, 0.15) is 126 Å². The van der Waals surface area contributed by atoms with Crippen LogP contribution in [0.5, 0.6) is 0 Å². The number of hydrogen-bond acceptors (Lipinski definition) is 13. The molecule has 0 aromatic heterocycles. The van der Waals surface area contributed by atoms with Crippen molar-refractivity contribution in [2.24, 2.45) is 35.5 Å². The number of ether oxygens (including phenoxy) is 4. The van der Waals surface area contributed by atoms with E-state index in [1.807, 2.05) is 32.1 Å². The Balaban J connectivity index is 1.69. The largest absolute Gasteiger partial charge is 0.460 e. The number of cyclic esters (lactones) is 1. The molecule has 3 aliphatic heterocycles. The number of allylic oxidation sites excluding steroid dienone is 6. The number of aliphatic hydroxyl groups is 4. The Bertz CT molecular complexity index is 1740. The van der Waals surface area contributed by atoms with E-state index < -0.39 is 83.9 Å². The second kappa shape index (κ2) is 24.4. The molecular formula is C50H77NO13. The number of aliphatic hydroxyl groups excluding tert-OH is 3. The van der Waals surface area contributed by atoms with Gasteiger partial charge in [0, 0.05) is 51.4 Å². The summed E-state index contributed by atoms with van der Waals surface area (Å²) in [5.41, 5.74) is 0.926. The molecule has 1 amide bonds. The number of ketones is 3. The number of methoxy groups -OCH3 is 2. The Kier molecular flexibility index (Phi) is 20.3. The molecule has 0 spiro atoms. The van der Waals surface area contributed by atoms with Crippen LogP contribution in [-0.4, -0.2) is 130 Å². The van der Waals surface area contributed by atoms with Crippen molar-refractivity contribution in [1.29, 1.82) is 0 Å². The summed E-state index contributed by atoms with van der Waals surface area (Å²) in [6.45, 7) is 12.5. The van der Waals surface area contributed by atoms with Gasteiger partial charge in [0.2, 0.25) is 5.79 Å². The molecule has 4 aliphatic rings. The lowest BCUT2D eigenvalue weighted by molar-refractivity contribution is -0.265. The average Bonchev–Trinajstić information content (AvgIpc) is 3.26. The number of rotatable bonds is 5. The van der Waals surface area contributed by atoms with E-state index in [9.17, 15) is 44.4 Å². The van der Waals surface area contributed by atoms with Gasteiger partial charge in [0.25, 0.3) is 11.7 Å². The summed E-state index contributed by atoms with van der Waals surface area (Å²) in [4.78, 5) is 71.4. The minimum atomic E-state index is -2.48. The van der Waals surface area contributed by atoms with E-state index in [2.05, 4.69) is 0 Å². The van der Waals surface area contributed by atoms with Crippen molar-refractivity contribution in [3.8, 4) is 0 Å². The van der Waals surface area contributed by atoms with Crippen molar-refractivity contribution < 1.29 is 63.3 Å². The maximum absolute atomic E-state index is 14.3. The molecule has 3 heterocycles. The number of fused-ring (bicyclic) bond motifs is 3. The predicted octanol–water partition coefficient (Wildman–Crippen LogP) is 5.53. The summed E-state index contributed by atoms with van der Waals surface area (Å²) >= 11 is 0. The minimum Gasteiger partial charge on any atom is -0.460 e. The molecule has 360 valence electrons.